The van der Waals surface area contributed by atoms with Gasteiger partial charge in [-0.25, -0.2) is 12.7 Å². The van der Waals surface area contributed by atoms with Gasteiger partial charge in [0.15, 0.2) is 0 Å². The molecule has 0 unspecified atom stereocenters. The Morgan fingerprint density at radius 2 is 1.60 bits per heavy atom. The van der Waals surface area contributed by atoms with Crippen molar-refractivity contribution < 1.29 is 13.2 Å². The van der Waals surface area contributed by atoms with Crippen LogP contribution < -0.4 is 10.2 Å². The molecular weight excluding hydrogens is 398 g/mol. The molecule has 0 aliphatic carbocycles. The second kappa shape index (κ2) is 9.45. The second-order valence-electron chi connectivity index (χ2n) is 9.88. The minimum Gasteiger partial charge on any atom is -0.385 e. The third kappa shape index (κ3) is 5.68. The number of ether oxygens (including phenoxy) is 1. The number of anilines is 2. The number of morpholine rings is 1. The zero-order valence-electron chi connectivity index (χ0n) is 19.2. The van der Waals surface area contributed by atoms with Gasteiger partial charge >= 0.3 is 0 Å². The number of hydrogen-bond donors (Lipinski definition) is 1. The third-order valence-corrected chi connectivity index (χ3v) is 8.81. The maximum absolute atomic E-state index is 12.6. The van der Waals surface area contributed by atoms with Crippen LogP contribution in [-0.4, -0.2) is 62.4 Å². The predicted octanol–water partition coefficient (Wildman–Crippen LogP) is 3.94. The number of piperidine rings is 1. The van der Waals surface area contributed by atoms with Gasteiger partial charge in [-0.15, -0.1) is 0 Å². The zero-order chi connectivity index (χ0) is 21.9. The van der Waals surface area contributed by atoms with Crippen molar-refractivity contribution in [3.05, 3.63) is 24.3 Å². The van der Waals surface area contributed by atoms with E-state index < -0.39 is 14.8 Å². The monoisotopic (exact) mass is 437 g/mol. The van der Waals surface area contributed by atoms with Crippen LogP contribution in [0.4, 0.5) is 11.4 Å². The third-order valence-electron chi connectivity index (χ3n) is 6.22. The van der Waals surface area contributed by atoms with Crippen LogP contribution in [0.15, 0.2) is 24.3 Å². The molecule has 1 aromatic rings. The molecule has 0 amide bonds. The predicted molar refractivity (Wildman–Crippen MR) is 125 cm³/mol. The summed E-state index contributed by atoms with van der Waals surface area (Å²) >= 11 is 0. The van der Waals surface area contributed by atoms with Gasteiger partial charge in [-0.2, -0.15) is 0 Å². The number of sulfonamides is 1. The highest BCUT2D eigenvalue weighted by atomic mass is 32.2. The van der Waals surface area contributed by atoms with Crippen molar-refractivity contribution in [2.45, 2.75) is 70.8 Å². The Bertz CT molecular complexity index is 771. The topological polar surface area (TPSA) is 61.9 Å². The van der Waals surface area contributed by atoms with E-state index in [9.17, 15) is 8.42 Å². The first-order valence-electron chi connectivity index (χ1n) is 11.3. The van der Waals surface area contributed by atoms with Crippen molar-refractivity contribution in [3.63, 3.8) is 0 Å². The maximum Gasteiger partial charge on any atom is 0.219 e. The van der Waals surface area contributed by atoms with Crippen molar-refractivity contribution >= 4 is 21.4 Å². The van der Waals surface area contributed by atoms with Crippen molar-refractivity contribution in [2.75, 3.05) is 42.9 Å². The van der Waals surface area contributed by atoms with E-state index in [0.717, 1.165) is 44.6 Å². The SMILES string of the molecule is C[C@@H]1CN(c2ccc(NCCC3CCN(S(=O)(=O)C(C)(C)C)CC3)cc2)C[C@H](C)O1. The van der Waals surface area contributed by atoms with Gasteiger partial charge in [0.2, 0.25) is 10.0 Å². The zero-order valence-corrected chi connectivity index (χ0v) is 20.0. The lowest BCUT2D eigenvalue weighted by Gasteiger charge is -2.37. The molecular formula is C23H39N3O3S. The summed E-state index contributed by atoms with van der Waals surface area (Å²) in [6.07, 6.45) is 3.49. The van der Waals surface area contributed by atoms with Crippen LogP contribution >= 0.6 is 0 Å². The lowest BCUT2D eigenvalue weighted by Crippen LogP contribution is -2.46. The molecule has 3 rings (SSSR count). The lowest BCUT2D eigenvalue weighted by atomic mass is 9.95. The molecule has 2 fully saturated rings. The van der Waals surface area contributed by atoms with E-state index in [2.05, 4.69) is 48.3 Å². The molecule has 0 aromatic heterocycles. The number of nitrogens with one attached hydrogen (secondary N) is 1. The van der Waals surface area contributed by atoms with Crippen LogP contribution in [0.5, 0.6) is 0 Å². The van der Waals surface area contributed by atoms with E-state index in [1.54, 1.807) is 25.1 Å². The average molecular weight is 438 g/mol. The summed E-state index contributed by atoms with van der Waals surface area (Å²) in [6.45, 7) is 13.7. The van der Waals surface area contributed by atoms with Crippen LogP contribution in [0.1, 0.15) is 53.9 Å². The Hall–Kier alpha value is -1.31. The Balaban J connectivity index is 1.42. The summed E-state index contributed by atoms with van der Waals surface area (Å²) in [5.74, 6) is 0.583. The smallest absolute Gasteiger partial charge is 0.219 e. The number of benzene rings is 1. The van der Waals surface area contributed by atoms with Crippen LogP contribution in [0, 0.1) is 5.92 Å². The van der Waals surface area contributed by atoms with E-state index in [-0.39, 0.29) is 12.2 Å². The fourth-order valence-electron chi connectivity index (χ4n) is 4.43. The average Bonchev–Trinajstić information content (AvgIpc) is 2.67. The fraction of sp³-hybridized carbons (Fsp3) is 0.739. The minimum absolute atomic E-state index is 0.261. The summed E-state index contributed by atoms with van der Waals surface area (Å²) < 4.78 is 32.0. The summed E-state index contributed by atoms with van der Waals surface area (Å²) in [7, 11) is -3.20. The molecule has 2 aliphatic rings. The molecule has 0 bridgehead atoms. The Morgan fingerprint density at radius 1 is 1.03 bits per heavy atom. The fourth-order valence-corrected chi connectivity index (χ4v) is 5.89. The summed E-state index contributed by atoms with van der Waals surface area (Å²) in [5.41, 5.74) is 2.39. The normalized spacial score (nSPS) is 24.8. The largest absolute Gasteiger partial charge is 0.385 e. The Kier molecular flexibility index (Phi) is 7.36. The van der Waals surface area contributed by atoms with Crippen molar-refractivity contribution in [1.29, 1.82) is 0 Å². The van der Waals surface area contributed by atoms with Gasteiger partial charge in [0.05, 0.1) is 17.0 Å². The maximum atomic E-state index is 12.6. The van der Waals surface area contributed by atoms with Gasteiger partial charge in [-0.3, -0.25) is 0 Å². The van der Waals surface area contributed by atoms with Crippen LogP contribution in [-0.2, 0) is 14.8 Å². The molecule has 6 nitrogen and oxygen atoms in total. The van der Waals surface area contributed by atoms with Crippen LogP contribution in [0.25, 0.3) is 0 Å². The number of hydrogen-bond acceptors (Lipinski definition) is 5. The van der Waals surface area contributed by atoms with Crippen molar-refractivity contribution in [3.8, 4) is 0 Å². The van der Waals surface area contributed by atoms with E-state index in [4.69, 9.17) is 4.74 Å². The molecule has 0 saturated carbocycles. The van der Waals surface area contributed by atoms with Gasteiger partial charge in [-0.1, -0.05) is 0 Å². The van der Waals surface area contributed by atoms with Gasteiger partial charge < -0.3 is 15.0 Å². The van der Waals surface area contributed by atoms with Crippen LogP contribution in [0.3, 0.4) is 0 Å². The number of nitrogens with zero attached hydrogens (tertiary/aromatic N) is 2. The first kappa shape index (κ1) is 23.4. The van der Waals surface area contributed by atoms with E-state index >= 15 is 0 Å². The summed E-state index contributed by atoms with van der Waals surface area (Å²) in [4.78, 5) is 2.39. The van der Waals surface area contributed by atoms with E-state index in [1.165, 1.54) is 5.69 Å². The van der Waals surface area contributed by atoms with E-state index in [1.807, 2.05) is 0 Å². The molecule has 7 heteroatoms. The Labute approximate surface area is 183 Å². The van der Waals surface area contributed by atoms with Gasteiger partial charge in [0.1, 0.15) is 0 Å². The molecule has 30 heavy (non-hydrogen) atoms. The molecule has 1 aromatic carbocycles. The highest BCUT2D eigenvalue weighted by molar-refractivity contribution is 7.90. The molecule has 0 radical (unpaired) electrons. The molecule has 0 spiro atoms. The van der Waals surface area contributed by atoms with Gasteiger partial charge in [0, 0.05) is 44.1 Å². The molecule has 2 saturated heterocycles. The molecule has 2 atom stereocenters. The highest BCUT2D eigenvalue weighted by Crippen LogP contribution is 2.28. The quantitative estimate of drug-likeness (QED) is 0.730. The van der Waals surface area contributed by atoms with Crippen LogP contribution in [0.2, 0.25) is 0 Å². The van der Waals surface area contributed by atoms with Crippen molar-refractivity contribution in [2.24, 2.45) is 5.92 Å². The molecule has 170 valence electrons. The highest BCUT2D eigenvalue weighted by Gasteiger charge is 2.37. The summed E-state index contributed by atoms with van der Waals surface area (Å²) in [6, 6.07) is 8.67. The molecule has 2 aliphatic heterocycles. The first-order valence-corrected chi connectivity index (χ1v) is 12.7. The minimum atomic E-state index is -3.20. The summed E-state index contributed by atoms with van der Waals surface area (Å²) in [5, 5.41) is 3.53. The van der Waals surface area contributed by atoms with Gasteiger partial charge in [-0.05, 0) is 84.1 Å². The van der Waals surface area contributed by atoms with Gasteiger partial charge in [0.25, 0.3) is 0 Å². The lowest BCUT2D eigenvalue weighted by molar-refractivity contribution is -0.00521. The molecule has 1 N–H and O–H groups in total. The molecule has 2 heterocycles. The Morgan fingerprint density at radius 3 is 2.13 bits per heavy atom. The van der Waals surface area contributed by atoms with E-state index in [0.29, 0.717) is 19.0 Å². The van der Waals surface area contributed by atoms with Crippen molar-refractivity contribution in [1.82, 2.24) is 4.31 Å². The number of rotatable bonds is 6. The standard InChI is InChI=1S/C23H39N3O3S/c1-18-16-25(17-19(2)29-18)22-8-6-21(7-9-22)24-13-10-20-11-14-26(15-12-20)30(27,28)23(3,4)5/h6-9,18-20,24H,10-17H2,1-5H3/t18-,19+. The first-order chi connectivity index (χ1) is 14.1. The second-order valence-corrected chi connectivity index (χ2v) is 12.6.